The first-order chi connectivity index (χ1) is 8.78. The van der Waals surface area contributed by atoms with Crippen LogP contribution in [0.2, 0.25) is 0 Å². The van der Waals surface area contributed by atoms with Crippen molar-refractivity contribution in [1.82, 2.24) is 15.1 Å². The van der Waals surface area contributed by atoms with Crippen LogP contribution in [-0.4, -0.2) is 22.4 Å². The summed E-state index contributed by atoms with van der Waals surface area (Å²) in [6.45, 7) is 3.42. The maximum atomic E-state index is 4.21. The molecule has 1 aliphatic carbocycles. The third-order valence-electron chi connectivity index (χ3n) is 4.27. The lowest BCUT2D eigenvalue weighted by Gasteiger charge is -2.16. The van der Waals surface area contributed by atoms with Gasteiger partial charge in [0, 0.05) is 19.3 Å². The topological polar surface area (TPSA) is 29.9 Å². The Morgan fingerprint density at radius 1 is 1.33 bits per heavy atom. The highest BCUT2D eigenvalue weighted by molar-refractivity contribution is 5.03. The zero-order valence-corrected chi connectivity index (χ0v) is 11.9. The van der Waals surface area contributed by atoms with E-state index in [1.54, 1.807) is 0 Å². The average Bonchev–Trinajstić information content (AvgIpc) is 2.65. The predicted molar refractivity (Wildman–Crippen MR) is 75.6 cm³/mol. The van der Waals surface area contributed by atoms with Crippen molar-refractivity contribution in [1.29, 1.82) is 0 Å². The smallest absolute Gasteiger partial charge is 0.0522 e. The molecule has 0 aromatic carbocycles. The van der Waals surface area contributed by atoms with Crippen LogP contribution in [0.3, 0.4) is 0 Å². The highest BCUT2D eigenvalue weighted by atomic mass is 15.2. The molecular weight excluding hydrogens is 222 g/mol. The van der Waals surface area contributed by atoms with E-state index < -0.39 is 0 Å². The van der Waals surface area contributed by atoms with E-state index in [1.807, 2.05) is 17.9 Å². The van der Waals surface area contributed by atoms with Gasteiger partial charge in [0.15, 0.2) is 0 Å². The molecule has 18 heavy (non-hydrogen) atoms. The molecule has 0 aliphatic heterocycles. The molecule has 3 nitrogen and oxygen atoms in total. The highest BCUT2D eigenvalue weighted by Crippen LogP contribution is 2.25. The van der Waals surface area contributed by atoms with Gasteiger partial charge < -0.3 is 5.32 Å². The third-order valence-corrected chi connectivity index (χ3v) is 4.27. The molecule has 0 bridgehead atoms. The maximum Gasteiger partial charge on any atom is 0.0522 e. The normalized spacial score (nSPS) is 25.0. The van der Waals surface area contributed by atoms with Crippen LogP contribution in [-0.2, 0) is 13.5 Å². The summed E-state index contributed by atoms with van der Waals surface area (Å²) in [5.74, 6) is 0.982. The Bertz CT molecular complexity index is 345. The van der Waals surface area contributed by atoms with Gasteiger partial charge >= 0.3 is 0 Å². The fourth-order valence-electron chi connectivity index (χ4n) is 3.01. The first-order valence-corrected chi connectivity index (χ1v) is 7.49. The van der Waals surface area contributed by atoms with E-state index in [-0.39, 0.29) is 0 Å². The number of aryl methyl sites for hydroxylation is 1. The highest BCUT2D eigenvalue weighted by Gasteiger charge is 2.16. The molecule has 0 spiro atoms. The Balaban J connectivity index is 1.67. The lowest BCUT2D eigenvalue weighted by atomic mass is 9.98. The zero-order chi connectivity index (χ0) is 12.8. The van der Waals surface area contributed by atoms with Crippen molar-refractivity contribution in [3.05, 3.63) is 18.0 Å². The maximum absolute atomic E-state index is 4.21. The van der Waals surface area contributed by atoms with Crippen molar-refractivity contribution < 1.29 is 0 Å². The van der Waals surface area contributed by atoms with Crippen molar-refractivity contribution in [2.45, 2.75) is 57.9 Å². The summed E-state index contributed by atoms with van der Waals surface area (Å²) in [5.41, 5.74) is 1.34. The van der Waals surface area contributed by atoms with Crippen molar-refractivity contribution in [3.63, 3.8) is 0 Å². The Morgan fingerprint density at radius 3 is 2.94 bits per heavy atom. The zero-order valence-electron chi connectivity index (χ0n) is 11.9. The molecule has 1 aliphatic rings. The standard InChI is InChI=1S/C15H27N3/c1-3-13-5-4-6-15(8-7-13)16-10-9-14-11-17-18(2)12-14/h11-13,15-16H,3-10H2,1-2H3. The molecule has 0 radical (unpaired) electrons. The van der Waals surface area contributed by atoms with Crippen LogP contribution in [0, 0.1) is 5.92 Å². The fraction of sp³-hybridized carbons (Fsp3) is 0.800. The van der Waals surface area contributed by atoms with Crippen LogP contribution < -0.4 is 5.32 Å². The minimum absolute atomic E-state index is 0.748. The van der Waals surface area contributed by atoms with Crippen LogP contribution in [0.5, 0.6) is 0 Å². The van der Waals surface area contributed by atoms with Gasteiger partial charge in [-0.3, -0.25) is 4.68 Å². The predicted octanol–water partition coefficient (Wildman–Crippen LogP) is 2.91. The molecule has 1 N–H and O–H groups in total. The molecule has 102 valence electrons. The second kappa shape index (κ2) is 6.93. The molecule has 2 unspecified atom stereocenters. The third kappa shape index (κ3) is 4.13. The lowest BCUT2D eigenvalue weighted by molar-refractivity contribution is 0.427. The van der Waals surface area contributed by atoms with Crippen LogP contribution in [0.1, 0.15) is 51.0 Å². The van der Waals surface area contributed by atoms with E-state index in [0.717, 1.165) is 24.9 Å². The van der Waals surface area contributed by atoms with Crippen molar-refractivity contribution in [2.75, 3.05) is 6.54 Å². The molecule has 3 heteroatoms. The minimum Gasteiger partial charge on any atom is -0.314 e. The molecule has 1 aromatic rings. The summed E-state index contributed by atoms with van der Waals surface area (Å²) in [7, 11) is 1.98. The Hall–Kier alpha value is -0.830. The Labute approximate surface area is 111 Å². The molecule has 1 heterocycles. The van der Waals surface area contributed by atoms with Gasteiger partial charge in [0.25, 0.3) is 0 Å². The molecule has 1 saturated carbocycles. The van der Waals surface area contributed by atoms with E-state index in [1.165, 1.54) is 44.1 Å². The van der Waals surface area contributed by atoms with Gasteiger partial charge in [-0.25, -0.2) is 0 Å². The van der Waals surface area contributed by atoms with E-state index in [9.17, 15) is 0 Å². The Kier molecular flexibility index (Phi) is 5.24. The first kappa shape index (κ1) is 13.6. The number of nitrogens with one attached hydrogen (secondary N) is 1. The molecular formula is C15H27N3. The molecule has 2 atom stereocenters. The van der Waals surface area contributed by atoms with Gasteiger partial charge in [-0.15, -0.1) is 0 Å². The molecule has 0 amide bonds. The van der Waals surface area contributed by atoms with Gasteiger partial charge in [-0.2, -0.15) is 5.10 Å². The summed E-state index contributed by atoms with van der Waals surface area (Å²) < 4.78 is 1.88. The summed E-state index contributed by atoms with van der Waals surface area (Å²) >= 11 is 0. The van der Waals surface area contributed by atoms with Crippen molar-refractivity contribution >= 4 is 0 Å². The van der Waals surface area contributed by atoms with Gasteiger partial charge in [0.05, 0.1) is 6.20 Å². The van der Waals surface area contributed by atoms with Crippen LogP contribution in [0.15, 0.2) is 12.4 Å². The number of nitrogens with zero attached hydrogens (tertiary/aromatic N) is 2. The molecule has 0 saturated heterocycles. The monoisotopic (exact) mass is 249 g/mol. The fourth-order valence-corrected chi connectivity index (χ4v) is 3.01. The van der Waals surface area contributed by atoms with E-state index in [0.29, 0.717) is 0 Å². The van der Waals surface area contributed by atoms with Crippen LogP contribution >= 0.6 is 0 Å². The number of hydrogen-bond donors (Lipinski definition) is 1. The van der Waals surface area contributed by atoms with Crippen molar-refractivity contribution in [2.24, 2.45) is 13.0 Å². The van der Waals surface area contributed by atoms with Crippen molar-refractivity contribution in [3.8, 4) is 0 Å². The lowest BCUT2D eigenvalue weighted by Crippen LogP contribution is -2.30. The number of aromatic nitrogens is 2. The first-order valence-electron chi connectivity index (χ1n) is 7.49. The van der Waals surface area contributed by atoms with Gasteiger partial charge in [0.2, 0.25) is 0 Å². The average molecular weight is 249 g/mol. The SMILES string of the molecule is CCC1CCCC(NCCc2cnn(C)c2)CC1. The van der Waals surface area contributed by atoms with Gasteiger partial charge in [-0.1, -0.05) is 26.2 Å². The summed E-state index contributed by atoms with van der Waals surface area (Å²) in [6, 6.07) is 0.748. The molecule has 1 fully saturated rings. The van der Waals surface area contributed by atoms with Gasteiger partial charge in [-0.05, 0) is 43.7 Å². The van der Waals surface area contributed by atoms with E-state index >= 15 is 0 Å². The van der Waals surface area contributed by atoms with Crippen LogP contribution in [0.25, 0.3) is 0 Å². The number of rotatable bonds is 5. The van der Waals surface area contributed by atoms with Crippen LogP contribution in [0.4, 0.5) is 0 Å². The second-order valence-electron chi connectivity index (χ2n) is 5.71. The second-order valence-corrected chi connectivity index (χ2v) is 5.71. The Morgan fingerprint density at radius 2 is 2.22 bits per heavy atom. The quantitative estimate of drug-likeness (QED) is 0.813. The van der Waals surface area contributed by atoms with Gasteiger partial charge in [0.1, 0.15) is 0 Å². The molecule has 1 aromatic heterocycles. The minimum atomic E-state index is 0.748. The summed E-state index contributed by atoms with van der Waals surface area (Å²) in [6.07, 6.45) is 13.5. The summed E-state index contributed by atoms with van der Waals surface area (Å²) in [4.78, 5) is 0. The van der Waals surface area contributed by atoms with E-state index in [4.69, 9.17) is 0 Å². The molecule has 2 rings (SSSR count). The van der Waals surface area contributed by atoms with E-state index in [2.05, 4.69) is 23.5 Å². The summed E-state index contributed by atoms with van der Waals surface area (Å²) in [5, 5.41) is 7.93. The number of hydrogen-bond acceptors (Lipinski definition) is 2. The largest absolute Gasteiger partial charge is 0.314 e.